The summed E-state index contributed by atoms with van der Waals surface area (Å²) in [6, 6.07) is 10.5. The molecule has 0 fully saturated rings. The van der Waals surface area contributed by atoms with Crippen molar-refractivity contribution in [2.45, 2.75) is 16.5 Å². The van der Waals surface area contributed by atoms with Gasteiger partial charge in [0.1, 0.15) is 5.03 Å². The standard InChI is InChI=1S/C13H13N3O2S/c1-14-9-10-5-4-8-15-13(10)19-12-7-3-2-6-11(12)16(17)18/h2-8,14H,9H2,1H3. The molecule has 0 aliphatic rings. The molecule has 1 aromatic heterocycles. The molecular weight excluding hydrogens is 262 g/mol. The smallest absolute Gasteiger partial charge is 0.283 e. The highest BCUT2D eigenvalue weighted by atomic mass is 32.2. The van der Waals surface area contributed by atoms with Crippen LogP contribution in [0.2, 0.25) is 0 Å². The van der Waals surface area contributed by atoms with Gasteiger partial charge in [0.15, 0.2) is 0 Å². The number of rotatable bonds is 5. The number of nitrogens with zero attached hydrogens (tertiary/aromatic N) is 2. The molecular formula is C13H13N3O2S. The van der Waals surface area contributed by atoms with E-state index in [0.29, 0.717) is 11.4 Å². The number of hydrogen-bond donors (Lipinski definition) is 1. The van der Waals surface area contributed by atoms with Crippen molar-refractivity contribution in [2.24, 2.45) is 0 Å². The Bertz CT molecular complexity index is 590. The van der Waals surface area contributed by atoms with Crippen LogP contribution in [0, 0.1) is 10.1 Å². The van der Waals surface area contributed by atoms with Crippen LogP contribution in [0.5, 0.6) is 0 Å². The van der Waals surface area contributed by atoms with Crippen LogP contribution >= 0.6 is 11.8 Å². The fourth-order valence-electron chi connectivity index (χ4n) is 1.64. The second kappa shape index (κ2) is 6.31. The lowest BCUT2D eigenvalue weighted by atomic mass is 10.3. The molecule has 0 aliphatic carbocycles. The van der Waals surface area contributed by atoms with E-state index in [-0.39, 0.29) is 10.6 Å². The third-order valence-corrected chi connectivity index (χ3v) is 3.61. The predicted octanol–water partition coefficient (Wildman–Crippen LogP) is 2.86. The molecule has 1 aromatic carbocycles. The van der Waals surface area contributed by atoms with Crippen molar-refractivity contribution in [1.82, 2.24) is 10.3 Å². The molecule has 19 heavy (non-hydrogen) atoms. The number of hydrogen-bond acceptors (Lipinski definition) is 5. The summed E-state index contributed by atoms with van der Waals surface area (Å²) in [6.45, 7) is 0.677. The van der Waals surface area contributed by atoms with Crippen molar-refractivity contribution in [3.8, 4) is 0 Å². The van der Waals surface area contributed by atoms with Crippen molar-refractivity contribution in [3.05, 3.63) is 58.3 Å². The molecule has 98 valence electrons. The summed E-state index contributed by atoms with van der Waals surface area (Å²) in [5.41, 5.74) is 1.13. The van der Waals surface area contributed by atoms with Gasteiger partial charge in [0.2, 0.25) is 0 Å². The molecule has 0 spiro atoms. The van der Waals surface area contributed by atoms with Gasteiger partial charge in [0.05, 0.1) is 9.82 Å². The van der Waals surface area contributed by atoms with Gasteiger partial charge in [-0.3, -0.25) is 10.1 Å². The molecule has 2 rings (SSSR count). The normalized spacial score (nSPS) is 10.4. The molecule has 0 atom stereocenters. The summed E-state index contributed by atoms with van der Waals surface area (Å²) in [6.07, 6.45) is 1.69. The lowest BCUT2D eigenvalue weighted by molar-refractivity contribution is -0.387. The Balaban J connectivity index is 2.34. The average molecular weight is 275 g/mol. The SMILES string of the molecule is CNCc1cccnc1Sc1ccccc1[N+](=O)[O-]. The first kappa shape index (κ1) is 13.5. The Labute approximate surface area is 115 Å². The molecule has 0 radical (unpaired) electrons. The second-order valence-electron chi connectivity index (χ2n) is 3.82. The average Bonchev–Trinajstić information content (AvgIpc) is 2.42. The number of benzene rings is 1. The molecule has 0 saturated carbocycles. The van der Waals surface area contributed by atoms with Gasteiger partial charge in [0.25, 0.3) is 5.69 Å². The maximum absolute atomic E-state index is 11.0. The highest BCUT2D eigenvalue weighted by molar-refractivity contribution is 7.99. The molecule has 0 aliphatic heterocycles. The van der Waals surface area contributed by atoms with Gasteiger partial charge in [0, 0.05) is 18.8 Å². The van der Waals surface area contributed by atoms with Crippen molar-refractivity contribution >= 4 is 17.4 Å². The third-order valence-electron chi connectivity index (χ3n) is 2.49. The van der Waals surface area contributed by atoms with Crippen molar-refractivity contribution in [2.75, 3.05) is 7.05 Å². The zero-order valence-corrected chi connectivity index (χ0v) is 11.2. The first-order chi connectivity index (χ1) is 9.22. The molecule has 0 bridgehead atoms. The molecule has 2 aromatic rings. The molecule has 0 amide bonds. The first-order valence-electron chi connectivity index (χ1n) is 5.72. The van der Waals surface area contributed by atoms with E-state index in [9.17, 15) is 10.1 Å². The third kappa shape index (κ3) is 3.30. The second-order valence-corrected chi connectivity index (χ2v) is 4.86. The summed E-state index contributed by atoms with van der Waals surface area (Å²) in [5.74, 6) is 0. The van der Waals surface area contributed by atoms with Crippen LogP contribution in [0.1, 0.15) is 5.56 Å². The molecule has 6 heteroatoms. The minimum atomic E-state index is -0.372. The van der Waals surface area contributed by atoms with E-state index >= 15 is 0 Å². The minimum absolute atomic E-state index is 0.105. The Kier molecular flexibility index (Phi) is 4.48. The molecule has 0 saturated heterocycles. The highest BCUT2D eigenvalue weighted by Gasteiger charge is 2.15. The van der Waals surface area contributed by atoms with E-state index in [0.717, 1.165) is 10.6 Å². The summed E-state index contributed by atoms with van der Waals surface area (Å²) < 4.78 is 0. The van der Waals surface area contributed by atoms with E-state index in [2.05, 4.69) is 10.3 Å². The molecule has 0 unspecified atom stereocenters. The summed E-state index contributed by atoms with van der Waals surface area (Å²) >= 11 is 1.32. The monoisotopic (exact) mass is 275 g/mol. The fraction of sp³-hybridized carbons (Fsp3) is 0.154. The van der Waals surface area contributed by atoms with Gasteiger partial charge < -0.3 is 5.32 Å². The van der Waals surface area contributed by atoms with Crippen LogP contribution in [0.4, 0.5) is 5.69 Å². The maximum Gasteiger partial charge on any atom is 0.283 e. The van der Waals surface area contributed by atoms with Gasteiger partial charge >= 0.3 is 0 Å². The van der Waals surface area contributed by atoms with Crippen molar-refractivity contribution < 1.29 is 4.92 Å². The summed E-state index contributed by atoms with van der Waals surface area (Å²) in [4.78, 5) is 15.5. The fourth-order valence-corrected chi connectivity index (χ4v) is 2.63. The van der Waals surface area contributed by atoms with Crippen LogP contribution in [-0.2, 0) is 6.54 Å². The van der Waals surface area contributed by atoms with Crippen LogP contribution < -0.4 is 5.32 Å². The zero-order chi connectivity index (χ0) is 13.7. The van der Waals surface area contributed by atoms with Crippen LogP contribution in [-0.4, -0.2) is 17.0 Å². The predicted molar refractivity (Wildman–Crippen MR) is 74.2 cm³/mol. The molecule has 1 heterocycles. The lowest BCUT2D eigenvalue weighted by Crippen LogP contribution is -2.06. The molecule has 5 nitrogen and oxygen atoms in total. The topological polar surface area (TPSA) is 68.1 Å². The number of nitro groups is 1. The Morgan fingerprint density at radius 3 is 2.84 bits per heavy atom. The van der Waals surface area contributed by atoms with E-state index in [4.69, 9.17) is 0 Å². The van der Waals surface area contributed by atoms with Crippen molar-refractivity contribution in [1.29, 1.82) is 0 Å². The van der Waals surface area contributed by atoms with Gasteiger partial charge in [-0.25, -0.2) is 4.98 Å². The Hall–Kier alpha value is -1.92. The minimum Gasteiger partial charge on any atom is -0.316 e. The first-order valence-corrected chi connectivity index (χ1v) is 6.54. The number of aromatic nitrogens is 1. The van der Waals surface area contributed by atoms with Gasteiger partial charge in [-0.05, 0) is 24.7 Å². The Morgan fingerprint density at radius 2 is 2.11 bits per heavy atom. The van der Waals surface area contributed by atoms with Crippen LogP contribution in [0.25, 0.3) is 0 Å². The van der Waals surface area contributed by atoms with Crippen molar-refractivity contribution in [3.63, 3.8) is 0 Å². The van der Waals surface area contributed by atoms with Gasteiger partial charge in [-0.15, -0.1) is 0 Å². The summed E-state index contributed by atoms with van der Waals surface area (Å²) in [7, 11) is 1.85. The largest absolute Gasteiger partial charge is 0.316 e. The molecule has 1 N–H and O–H groups in total. The van der Waals surface area contributed by atoms with Crippen LogP contribution in [0.15, 0.2) is 52.5 Å². The van der Waals surface area contributed by atoms with E-state index in [1.165, 1.54) is 17.8 Å². The maximum atomic E-state index is 11.0. The Morgan fingerprint density at radius 1 is 1.32 bits per heavy atom. The highest BCUT2D eigenvalue weighted by Crippen LogP contribution is 2.34. The number of nitro benzene ring substituents is 1. The number of nitrogens with one attached hydrogen (secondary N) is 1. The lowest BCUT2D eigenvalue weighted by Gasteiger charge is -2.07. The number of pyridine rings is 1. The number of para-hydroxylation sites is 1. The van der Waals surface area contributed by atoms with E-state index < -0.39 is 0 Å². The van der Waals surface area contributed by atoms with Gasteiger partial charge in [-0.2, -0.15) is 0 Å². The quantitative estimate of drug-likeness (QED) is 0.671. The van der Waals surface area contributed by atoms with Gasteiger partial charge in [-0.1, -0.05) is 30.0 Å². The van der Waals surface area contributed by atoms with E-state index in [1.54, 1.807) is 24.4 Å². The van der Waals surface area contributed by atoms with E-state index in [1.807, 2.05) is 19.2 Å². The van der Waals surface area contributed by atoms with Crippen LogP contribution in [0.3, 0.4) is 0 Å². The zero-order valence-electron chi connectivity index (χ0n) is 10.4. The summed E-state index contributed by atoms with van der Waals surface area (Å²) in [5, 5.41) is 14.8.